The maximum Gasteiger partial charge on any atom is 0.0198 e. The minimum Gasteiger partial charge on any atom is -0.311 e. The molecule has 4 nitrogen and oxygen atoms in total. The summed E-state index contributed by atoms with van der Waals surface area (Å²) in [4.78, 5) is 4.89. The number of hydrogen-bond donors (Lipinski definition) is 2. The lowest BCUT2D eigenvalue weighted by Gasteiger charge is -2.37. The lowest BCUT2D eigenvalue weighted by molar-refractivity contribution is 0.178. The molecule has 0 spiro atoms. The Morgan fingerprint density at radius 2 is 1.71 bits per heavy atom. The van der Waals surface area contributed by atoms with Crippen LogP contribution in [-0.4, -0.2) is 74.7 Å². The Bertz CT molecular complexity index is 223. The van der Waals surface area contributed by atoms with Crippen molar-refractivity contribution in [2.45, 2.75) is 37.9 Å². The lowest BCUT2D eigenvalue weighted by Crippen LogP contribution is -2.55. The molecule has 3 atom stereocenters. The Labute approximate surface area is 106 Å². The molecule has 2 rings (SSSR count). The first-order valence-electron chi connectivity index (χ1n) is 7.00. The highest BCUT2D eigenvalue weighted by Crippen LogP contribution is 2.10. The molecular formula is C13H28N4. The number of rotatable bonds is 3. The Balaban J connectivity index is 1.70. The van der Waals surface area contributed by atoms with E-state index in [1.807, 2.05) is 0 Å². The fraction of sp³-hybridized carbons (Fsp3) is 1.00. The van der Waals surface area contributed by atoms with Crippen LogP contribution >= 0.6 is 0 Å². The molecule has 0 amide bonds. The highest BCUT2D eigenvalue weighted by Gasteiger charge is 2.23. The second-order valence-electron chi connectivity index (χ2n) is 5.98. The van der Waals surface area contributed by atoms with E-state index in [-0.39, 0.29) is 0 Å². The summed E-state index contributed by atoms with van der Waals surface area (Å²) in [6, 6.07) is 2.01. The molecule has 3 unspecified atom stereocenters. The topological polar surface area (TPSA) is 30.5 Å². The first kappa shape index (κ1) is 13.3. The van der Waals surface area contributed by atoms with Crippen LogP contribution in [0.15, 0.2) is 0 Å². The Hall–Kier alpha value is -0.160. The summed E-state index contributed by atoms with van der Waals surface area (Å²) in [5, 5.41) is 7.34. The molecule has 0 radical (unpaired) electrons. The van der Waals surface area contributed by atoms with Crippen LogP contribution in [0.25, 0.3) is 0 Å². The molecule has 2 saturated heterocycles. The molecule has 2 heterocycles. The number of likely N-dealkylation sites (N-methyl/N-ethyl adjacent to an activating group) is 2. The van der Waals surface area contributed by atoms with Crippen LogP contribution in [-0.2, 0) is 0 Å². The van der Waals surface area contributed by atoms with Crippen molar-refractivity contribution in [1.29, 1.82) is 0 Å². The standard InChI is InChI=1S/C13H28N4/c1-11-8-17(3)10-13(15-11)5-4-12-9-16(2)7-6-14-12/h11-15H,4-10H2,1-3H3. The largest absolute Gasteiger partial charge is 0.311 e. The van der Waals surface area contributed by atoms with Gasteiger partial charge in [0.15, 0.2) is 0 Å². The molecule has 0 aromatic rings. The fourth-order valence-electron chi connectivity index (χ4n) is 3.19. The van der Waals surface area contributed by atoms with Crippen molar-refractivity contribution in [2.24, 2.45) is 0 Å². The molecule has 0 bridgehead atoms. The van der Waals surface area contributed by atoms with Gasteiger partial charge in [0, 0.05) is 50.8 Å². The zero-order valence-electron chi connectivity index (χ0n) is 11.6. The van der Waals surface area contributed by atoms with Gasteiger partial charge in [0.25, 0.3) is 0 Å². The van der Waals surface area contributed by atoms with Gasteiger partial charge in [0.1, 0.15) is 0 Å². The molecule has 0 aromatic heterocycles. The zero-order chi connectivity index (χ0) is 12.3. The fourth-order valence-corrected chi connectivity index (χ4v) is 3.19. The van der Waals surface area contributed by atoms with Crippen LogP contribution in [0, 0.1) is 0 Å². The van der Waals surface area contributed by atoms with Gasteiger partial charge in [0.05, 0.1) is 0 Å². The van der Waals surface area contributed by atoms with Crippen molar-refractivity contribution in [3.8, 4) is 0 Å². The first-order chi connectivity index (χ1) is 8.13. The van der Waals surface area contributed by atoms with Crippen molar-refractivity contribution < 1.29 is 0 Å². The summed E-state index contributed by atoms with van der Waals surface area (Å²) in [6.07, 6.45) is 2.59. The van der Waals surface area contributed by atoms with Crippen LogP contribution in [0.4, 0.5) is 0 Å². The van der Waals surface area contributed by atoms with E-state index in [9.17, 15) is 0 Å². The minimum atomic E-state index is 0.640. The number of hydrogen-bond acceptors (Lipinski definition) is 4. The van der Waals surface area contributed by atoms with E-state index in [4.69, 9.17) is 0 Å². The van der Waals surface area contributed by atoms with Gasteiger partial charge in [-0.05, 0) is 33.9 Å². The smallest absolute Gasteiger partial charge is 0.0198 e. The highest BCUT2D eigenvalue weighted by atomic mass is 15.2. The highest BCUT2D eigenvalue weighted by molar-refractivity contribution is 4.85. The summed E-state index contributed by atoms with van der Waals surface area (Å²) in [7, 11) is 4.46. The third kappa shape index (κ3) is 4.21. The molecule has 100 valence electrons. The van der Waals surface area contributed by atoms with Crippen LogP contribution in [0.5, 0.6) is 0 Å². The second kappa shape index (κ2) is 6.14. The summed E-state index contributed by atoms with van der Waals surface area (Å²) < 4.78 is 0. The second-order valence-corrected chi connectivity index (χ2v) is 5.98. The molecule has 2 fully saturated rings. The molecule has 17 heavy (non-hydrogen) atoms. The van der Waals surface area contributed by atoms with E-state index in [0.717, 1.165) is 6.54 Å². The maximum absolute atomic E-state index is 3.71. The van der Waals surface area contributed by atoms with Crippen molar-refractivity contribution >= 4 is 0 Å². The van der Waals surface area contributed by atoms with Gasteiger partial charge in [-0.15, -0.1) is 0 Å². The first-order valence-corrected chi connectivity index (χ1v) is 7.00. The molecule has 4 heteroatoms. The van der Waals surface area contributed by atoms with Crippen molar-refractivity contribution in [2.75, 3.05) is 46.8 Å². The van der Waals surface area contributed by atoms with Crippen LogP contribution in [0.1, 0.15) is 19.8 Å². The van der Waals surface area contributed by atoms with Crippen molar-refractivity contribution in [3.63, 3.8) is 0 Å². The summed E-state index contributed by atoms with van der Waals surface area (Å²) >= 11 is 0. The molecule has 0 aromatic carbocycles. The number of nitrogens with zero attached hydrogens (tertiary/aromatic N) is 2. The molecule has 2 N–H and O–H groups in total. The third-order valence-electron chi connectivity index (χ3n) is 3.96. The van der Waals surface area contributed by atoms with Crippen LogP contribution in [0.3, 0.4) is 0 Å². The molecule has 0 saturated carbocycles. The van der Waals surface area contributed by atoms with E-state index in [1.54, 1.807) is 0 Å². The quantitative estimate of drug-likeness (QED) is 0.725. The Morgan fingerprint density at radius 3 is 2.41 bits per heavy atom. The van der Waals surface area contributed by atoms with Gasteiger partial charge in [-0.3, -0.25) is 0 Å². The van der Waals surface area contributed by atoms with E-state index < -0.39 is 0 Å². The van der Waals surface area contributed by atoms with E-state index in [1.165, 1.54) is 39.0 Å². The van der Waals surface area contributed by atoms with Gasteiger partial charge in [-0.2, -0.15) is 0 Å². The van der Waals surface area contributed by atoms with Crippen molar-refractivity contribution in [3.05, 3.63) is 0 Å². The SMILES string of the molecule is CC1CN(C)CC(CCC2CN(C)CCN2)N1. The van der Waals surface area contributed by atoms with Gasteiger partial charge < -0.3 is 20.4 Å². The van der Waals surface area contributed by atoms with Crippen LogP contribution < -0.4 is 10.6 Å². The van der Waals surface area contributed by atoms with Crippen LogP contribution in [0.2, 0.25) is 0 Å². The predicted octanol–water partition coefficient (Wildman–Crippen LogP) is -0.0377. The van der Waals surface area contributed by atoms with E-state index >= 15 is 0 Å². The third-order valence-corrected chi connectivity index (χ3v) is 3.96. The Morgan fingerprint density at radius 1 is 1.00 bits per heavy atom. The molecule has 2 aliphatic rings. The van der Waals surface area contributed by atoms with Gasteiger partial charge >= 0.3 is 0 Å². The van der Waals surface area contributed by atoms with E-state index in [2.05, 4.69) is 41.5 Å². The monoisotopic (exact) mass is 240 g/mol. The van der Waals surface area contributed by atoms with Crippen molar-refractivity contribution in [1.82, 2.24) is 20.4 Å². The molecule has 0 aliphatic carbocycles. The van der Waals surface area contributed by atoms with Gasteiger partial charge in [0.2, 0.25) is 0 Å². The summed E-state index contributed by atoms with van der Waals surface area (Å²) in [5.74, 6) is 0. The molecule has 2 aliphatic heterocycles. The van der Waals surface area contributed by atoms with Gasteiger partial charge in [-0.25, -0.2) is 0 Å². The van der Waals surface area contributed by atoms with Gasteiger partial charge in [-0.1, -0.05) is 0 Å². The Kier molecular flexibility index (Phi) is 4.79. The minimum absolute atomic E-state index is 0.640. The zero-order valence-corrected chi connectivity index (χ0v) is 11.6. The maximum atomic E-state index is 3.71. The molecular weight excluding hydrogens is 212 g/mol. The summed E-state index contributed by atoms with van der Waals surface area (Å²) in [6.45, 7) is 8.22. The number of nitrogens with one attached hydrogen (secondary N) is 2. The summed E-state index contributed by atoms with van der Waals surface area (Å²) in [5.41, 5.74) is 0. The lowest BCUT2D eigenvalue weighted by atomic mass is 10.0. The predicted molar refractivity (Wildman–Crippen MR) is 72.4 cm³/mol. The normalized spacial score (nSPS) is 37.2. The average Bonchev–Trinajstić information content (AvgIpc) is 2.25. The van der Waals surface area contributed by atoms with E-state index in [0.29, 0.717) is 18.1 Å². The number of piperazine rings is 2. The average molecular weight is 240 g/mol.